The third kappa shape index (κ3) is 1.34. The van der Waals surface area contributed by atoms with E-state index in [1.807, 2.05) is 0 Å². The number of thiophene rings is 1. The summed E-state index contributed by atoms with van der Waals surface area (Å²) in [7, 11) is 0. The Hall–Kier alpha value is -0.300. The molecule has 1 aromatic heterocycles. The predicted octanol–water partition coefficient (Wildman–Crippen LogP) is 2.10. The molecule has 0 aliphatic heterocycles. The molecule has 8 heavy (non-hydrogen) atoms. The predicted molar refractivity (Wildman–Crippen MR) is 34.8 cm³/mol. The van der Waals surface area contributed by atoms with E-state index in [4.69, 9.17) is 0 Å². The maximum atomic E-state index is 3.07. The first kappa shape index (κ1) is 5.83. The fourth-order valence-corrected chi connectivity index (χ4v) is 1.06. The molecule has 1 heterocycles. The van der Waals surface area contributed by atoms with Crippen molar-refractivity contribution in [3.63, 3.8) is 0 Å². The summed E-state index contributed by atoms with van der Waals surface area (Å²) in [5, 5.41) is 5.94. The fourth-order valence-electron chi connectivity index (χ4n) is 0.563. The SMILES string of the molecule is CCCc1[c][c]s[c]1. The van der Waals surface area contributed by atoms with Crippen molar-refractivity contribution in [1.29, 1.82) is 0 Å². The smallest absolute Gasteiger partial charge is 0.0538 e. The van der Waals surface area contributed by atoms with E-state index in [1.165, 1.54) is 23.3 Å². The minimum absolute atomic E-state index is 1.10. The molecule has 3 radical (unpaired) electrons. The second kappa shape index (κ2) is 2.88. The lowest BCUT2D eigenvalue weighted by molar-refractivity contribution is 0.924. The minimum Gasteiger partial charge on any atom is -0.132 e. The van der Waals surface area contributed by atoms with Gasteiger partial charge in [0.05, 0.1) is 5.38 Å². The van der Waals surface area contributed by atoms with Gasteiger partial charge >= 0.3 is 0 Å². The highest BCUT2D eigenvalue weighted by molar-refractivity contribution is 7.06. The van der Waals surface area contributed by atoms with Gasteiger partial charge in [-0.3, -0.25) is 0 Å². The molecule has 0 spiro atoms. The molecule has 0 bridgehead atoms. The van der Waals surface area contributed by atoms with E-state index in [2.05, 4.69) is 23.8 Å². The van der Waals surface area contributed by atoms with Gasteiger partial charge in [-0.15, -0.1) is 11.3 Å². The van der Waals surface area contributed by atoms with Crippen LogP contribution in [0.15, 0.2) is 0 Å². The molecule has 0 amide bonds. The van der Waals surface area contributed by atoms with Gasteiger partial charge < -0.3 is 0 Å². The lowest BCUT2D eigenvalue weighted by Crippen LogP contribution is -1.74. The quantitative estimate of drug-likeness (QED) is 0.565. The second-order valence-electron chi connectivity index (χ2n) is 1.66. The molecule has 41 valence electrons. The molecule has 0 atom stereocenters. The number of aryl methyl sites for hydroxylation is 1. The molecule has 0 fully saturated rings. The maximum absolute atomic E-state index is 3.07. The van der Waals surface area contributed by atoms with Crippen molar-refractivity contribution in [2.45, 2.75) is 19.8 Å². The van der Waals surface area contributed by atoms with Gasteiger partial charge in [0.1, 0.15) is 0 Å². The molecule has 0 aliphatic rings. The van der Waals surface area contributed by atoms with Crippen LogP contribution in [0.4, 0.5) is 0 Å². The topological polar surface area (TPSA) is 0 Å². The molecule has 0 aromatic carbocycles. The summed E-state index contributed by atoms with van der Waals surface area (Å²) in [5.74, 6) is 0. The molecular formula is C7H7S. The van der Waals surface area contributed by atoms with Gasteiger partial charge in [0, 0.05) is 11.4 Å². The lowest BCUT2D eigenvalue weighted by Gasteiger charge is -1.84. The first-order chi connectivity index (χ1) is 3.93. The Balaban J connectivity index is 2.50. The van der Waals surface area contributed by atoms with Crippen molar-refractivity contribution < 1.29 is 0 Å². The van der Waals surface area contributed by atoms with Crippen LogP contribution >= 0.6 is 11.3 Å². The summed E-state index contributed by atoms with van der Waals surface area (Å²) >= 11 is 1.47. The molecule has 1 heteroatoms. The van der Waals surface area contributed by atoms with Crippen molar-refractivity contribution in [2.75, 3.05) is 0 Å². The van der Waals surface area contributed by atoms with Gasteiger partial charge in [-0.1, -0.05) is 13.3 Å². The molecule has 1 rings (SSSR count). The number of hydrogen-bond donors (Lipinski definition) is 0. The van der Waals surface area contributed by atoms with Crippen molar-refractivity contribution >= 4 is 11.3 Å². The van der Waals surface area contributed by atoms with Gasteiger partial charge in [0.25, 0.3) is 0 Å². The van der Waals surface area contributed by atoms with E-state index in [0.717, 1.165) is 6.42 Å². The highest BCUT2D eigenvalue weighted by atomic mass is 32.1. The van der Waals surface area contributed by atoms with E-state index in [9.17, 15) is 0 Å². The summed E-state index contributed by atoms with van der Waals surface area (Å²) in [6.45, 7) is 2.15. The van der Waals surface area contributed by atoms with E-state index in [1.54, 1.807) is 0 Å². The average Bonchev–Trinajstić information content (AvgIpc) is 2.19. The van der Waals surface area contributed by atoms with Crippen LogP contribution in [0.2, 0.25) is 0 Å². The lowest BCUT2D eigenvalue weighted by atomic mass is 10.2. The minimum atomic E-state index is 1.10. The van der Waals surface area contributed by atoms with Crippen LogP contribution in [0.25, 0.3) is 0 Å². The monoisotopic (exact) mass is 123 g/mol. The Morgan fingerprint density at radius 3 is 3.00 bits per heavy atom. The first-order valence-corrected chi connectivity index (χ1v) is 3.54. The van der Waals surface area contributed by atoms with Gasteiger partial charge in [-0.2, -0.15) is 0 Å². The third-order valence-electron chi connectivity index (χ3n) is 0.927. The molecule has 1 aromatic rings. The summed E-state index contributed by atoms with van der Waals surface area (Å²) in [5.41, 5.74) is 1.18. The van der Waals surface area contributed by atoms with Crippen LogP contribution in [0.1, 0.15) is 18.9 Å². The molecular weight excluding hydrogens is 116 g/mol. The van der Waals surface area contributed by atoms with Crippen molar-refractivity contribution in [1.82, 2.24) is 0 Å². The van der Waals surface area contributed by atoms with Crippen LogP contribution in [0, 0.1) is 16.8 Å². The average molecular weight is 123 g/mol. The largest absolute Gasteiger partial charge is 0.132 e. The molecule has 0 saturated carbocycles. The van der Waals surface area contributed by atoms with Crippen LogP contribution in [0.5, 0.6) is 0 Å². The first-order valence-electron chi connectivity index (χ1n) is 2.72. The molecule has 0 unspecified atom stereocenters. The Labute approximate surface area is 54.2 Å². The zero-order chi connectivity index (χ0) is 5.82. The maximum Gasteiger partial charge on any atom is 0.0538 e. The zero-order valence-electron chi connectivity index (χ0n) is 4.82. The normalized spacial score (nSPS) is 9.62. The molecule has 0 aliphatic carbocycles. The van der Waals surface area contributed by atoms with Crippen LogP contribution < -0.4 is 0 Å². The summed E-state index contributed by atoms with van der Waals surface area (Å²) in [6.07, 6.45) is 2.28. The van der Waals surface area contributed by atoms with Crippen molar-refractivity contribution in [2.24, 2.45) is 0 Å². The Kier molecular flexibility index (Phi) is 2.10. The fraction of sp³-hybridized carbons (Fsp3) is 0.429. The summed E-state index contributed by atoms with van der Waals surface area (Å²) in [4.78, 5) is 0. The van der Waals surface area contributed by atoms with Gasteiger partial charge in [-0.25, -0.2) is 0 Å². The standard InChI is InChI=1S/C7H7S/c1-2-3-7-4-5-8-6-7/h2-3H2,1H3. The van der Waals surface area contributed by atoms with Crippen molar-refractivity contribution in [3.05, 3.63) is 22.4 Å². The number of rotatable bonds is 2. The highest BCUT2D eigenvalue weighted by Gasteiger charge is 1.89. The Morgan fingerprint density at radius 1 is 1.62 bits per heavy atom. The van der Waals surface area contributed by atoms with Crippen LogP contribution in [-0.2, 0) is 6.42 Å². The number of hydrogen-bond acceptors (Lipinski definition) is 1. The van der Waals surface area contributed by atoms with Gasteiger partial charge in [-0.05, 0) is 12.0 Å². The van der Waals surface area contributed by atoms with Gasteiger partial charge in [0.2, 0.25) is 0 Å². The molecule has 0 nitrogen and oxygen atoms in total. The van der Waals surface area contributed by atoms with Crippen molar-refractivity contribution in [3.8, 4) is 0 Å². The van der Waals surface area contributed by atoms with Gasteiger partial charge in [0.15, 0.2) is 0 Å². The second-order valence-corrected chi connectivity index (χ2v) is 2.27. The third-order valence-corrected chi connectivity index (χ3v) is 1.48. The van der Waals surface area contributed by atoms with E-state index < -0.39 is 0 Å². The summed E-state index contributed by atoms with van der Waals surface area (Å²) in [6, 6.07) is 2.98. The Bertz CT molecular complexity index is 130. The highest BCUT2D eigenvalue weighted by Crippen LogP contribution is 2.04. The van der Waals surface area contributed by atoms with E-state index in [0.29, 0.717) is 0 Å². The molecule has 0 saturated heterocycles. The van der Waals surface area contributed by atoms with E-state index >= 15 is 0 Å². The zero-order valence-corrected chi connectivity index (χ0v) is 5.64. The van der Waals surface area contributed by atoms with E-state index in [-0.39, 0.29) is 0 Å². The van der Waals surface area contributed by atoms with Crippen LogP contribution in [0.3, 0.4) is 0 Å². The van der Waals surface area contributed by atoms with Crippen LogP contribution in [-0.4, -0.2) is 0 Å². The summed E-state index contributed by atoms with van der Waals surface area (Å²) < 4.78 is 0. The Morgan fingerprint density at radius 2 is 2.50 bits per heavy atom. The molecule has 0 N–H and O–H groups in total.